The Bertz CT molecular complexity index is 433. The van der Waals surface area contributed by atoms with Crippen molar-refractivity contribution in [3.05, 3.63) is 35.4 Å². The van der Waals surface area contributed by atoms with E-state index in [1.165, 1.54) is 0 Å². The van der Waals surface area contributed by atoms with Crippen LogP contribution in [0.1, 0.15) is 29.8 Å². The second kappa shape index (κ2) is 5.50. The number of hydrogen-bond acceptors (Lipinski definition) is 3. The number of benzene rings is 1. The predicted octanol–water partition coefficient (Wildman–Crippen LogP) is 1.99. The normalized spacial score (nSPS) is 25.0. The first-order valence-corrected chi connectivity index (χ1v) is 6.24. The monoisotopic (exact) mass is 249 g/mol. The zero-order valence-corrected chi connectivity index (χ0v) is 10.8. The Balaban J connectivity index is 2.08. The second-order valence-corrected chi connectivity index (χ2v) is 4.93. The molecule has 0 saturated carbocycles. The zero-order chi connectivity index (χ0) is 13.1. The van der Waals surface area contributed by atoms with Gasteiger partial charge in [-0.3, -0.25) is 4.90 Å². The summed E-state index contributed by atoms with van der Waals surface area (Å²) in [6.07, 6.45) is 0.240. The number of carboxylic acids is 1. The summed E-state index contributed by atoms with van der Waals surface area (Å²) in [5, 5.41) is 8.98. The Morgan fingerprint density at radius 1 is 1.50 bits per heavy atom. The maximum absolute atomic E-state index is 10.9. The minimum atomic E-state index is -0.875. The van der Waals surface area contributed by atoms with Crippen molar-refractivity contribution in [3.63, 3.8) is 0 Å². The Hall–Kier alpha value is -1.39. The van der Waals surface area contributed by atoms with E-state index in [-0.39, 0.29) is 6.10 Å². The van der Waals surface area contributed by atoms with Crippen LogP contribution in [0.3, 0.4) is 0 Å². The Morgan fingerprint density at radius 3 is 3.00 bits per heavy atom. The Labute approximate surface area is 107 Å². The van der Waals surface area contributed by atoms with Gasteiger partial charge in [0.2, 0.25) is 0 Å². The van der Waals surface area contributed by atoms with Gasteiger partial charge < -0.3 is 9.84 Å². The van der Waals surface area contributed by atoms with Gasteiger partial charge in [-0.2, -0.15) is 0 Å². The first kappa shape index (κ1) is 13.1. The van der Waals surface area contributed by atoms with E-state index < -0.39 is 5.97 Å². The van der Waals surface area contributed by atoms with E-state index >= 15 is 0 Å². The van der Waals surface area contributed by atoms with Crippen LogP contribution in [-0.4, -0.2) is 41.3 Å². The molecule has 0 aliphatic carbocycles. The quantitative estimate of drug-likeness (QED) is 0.890. The molecule has 1 fully saturated rings. The average molecular weight is 249 g/mol. The summed E-state index contributed by atoms with van der Waals surface area (Å²) >= 11 is 0. The summed E-state index contributed by atoms with van der Waals surface area (Å²) in [4.78, 5) is 13.3. The van der Waals surface area contributed by atoms with Crippen molar-refractivity contribution in [2.45, 2.75) is 32.5 Å². The fourth-order valence-electron chi connectivity index (χ4n) is 2.23. The highest BCUT2D eigenvalue weighted by Crippen LogP contribution is 2.16. The van der Waals surface area contributed by atoms with Crippen LogP contribution >= 0.6 is 0 Å². The smallest absolute Gasteiger partial charge is 0.335 e. The molecule has 4 heteroatoms. The third-order valence-corrected chi connectivity index (χ3v) is 3.30. The lowest BCUT2D eigenvalue weighted by Crippen LogP contribution is -2.46. The molecule has 2 rings (SSSR count). The molecule has 4 nitrogen and oxygen atoms in total. The van der Waals surface area contributed by atoms with Gasteiger partial charge in [-0.25, -0.2) is 4.79 Å². The fraction of sp³-hybridized carbons (Fsp3) is 0.500. The van der Waals surface area contributed by atoms with Gasteiger partial charge in [-0.1, -0.05) is 12.1 Å². The molecule has 0 aromatic heterocycles. The van der Waals surface area contributed by atoms with Crippen LogP contribution in [-0.2, 0) is 11.3 Å². The van der Waals surface area contributed by atoms with E-state index in [4.69, 9.17) is 9.84 Å². The van der Waals surface area contributed by atoms with Crippen molar-refractivity contribution in [3.8, 4) is 0 Å². The number of morpholine rings is 1. The number of ether oxygens (including phenoxy) is 1. The van der Waals surface area contributed by atoms with Gasteiger partial charge >= 0.3 is 5.97 Å². The van der Waals surface area contributed by atoms with Crippen molar-refractivity contribution in [2.75, 3.05) is 13.2 Å². The van der Waals surface area contributed by atoms with Gasteiger partial charge in [0.25, 0.3) is 0 Å². The molecular formula is C14H19NO3. The van der Waals surface area contributed by atoms with Gasteiger partial charge in [0.1, 0.15) is 0 Å². The summed E-state index contributed by atoms with van der Waals surface area (Å²) < 4.78 is 5.58. The molecule has 2 unspecified atom stereocenters. The lowest BCUT2D eigenvalue weighted by molar-refractivity contribution is -0.0526. The topological polar surface area (TPSA) is 49.8 Å². The number of nitrogens with zero attached hydrogens (tertiary/aromatic N) is 1. The van der Waals surface area contributed by atoms with Crippen LogP contribution in [0.4, 0.5) is 0 Å². The van der Waals surface area contributed by atoms with Gasteiger partial charge in [0.05, 0.1) is 18.3 Å². The maximum atomic E-state index is 10.9. The van der Waals surface area contributed by atoms with E-state index in [2.05, 4.69) is 18.7 Å². The van der Waals surface area contributed by atoms with Crippen molar-refractivity contribution in [1.82, 2.24) is 4.90 Å². The largest absolute Gasteiger partial charge is 0.478 e. The van der Waals surface area contributed by atoms with E-state index in [0.717, 1.165) is 25.3 Å². The predicted molar refractivity (Wildman–Crippen MR) is 68.7 cm³/mol. The molecule has 0 radical (unpaired) electrons. The van der Waals surface area contributed by atoms with E-state index in [0.29, 0.717) is 11.6 Å². The number of aromatic carboxylic acids is 1. The number of carbonyl (C=O) groups is 1. The van der Waals surface area contributed by atoms with Crippen molar-refractivity contribution >= 4 is 5.97 Å². The molecule has 1 aliphatic heterocycles. The molecule has 98 valence electrons. The van der Waals surface area contributed by atoms with Crippen molar-refractivity contribution < 1.29 is 14.6 Å². The summed E-state index contributed by atoms with van der Waals surface area (Å²) in [6.45, 7) is 6.59. The lowest BCUT2D eigenvalue weighted by atomic mass is 10.1. The molecule has 1 heterocycles. The summed E-state index contributed by atoms with van der Waals surface area (Å²) in [5.74, 6) is -0.875. The number of hydrogen-bond donors (Lipinski definition) is 1. The summed E-state index contributed by atoms with van der Waals surface area (Å²) in [5.41, 5.74) is 1.39. The molecule has 0 amide bonds. The number of carboxylic acid groups (broad SMARTS) is 1. The molecule has 2 atom stereocenters. The molecule has 1 N–H and O–H groups in total. The van der Waals surface area contributed by atoms with Crippen LogP contribution in [0.5, 0.6) is 0 Å². The van der Waals surface area contributed by atoms with E-state index in [1.807, 2.05) is 6.07 Å². The molecule has 1 aromatic rings. The molecular weight excluding hydrogens is 230 g/mol. The Morgan fingerprint density at radius 2 is 2.28 bits per heavy atom. The summed E-state index contributed by atoms with van der Waals surface area (Å²) in [7, 11) is 0. The average Bonchev–Trinajstić information content (AvgIpc) is 2.34. The van der Waals surface area contributed by atoms with Crippen LogP contribution in [0.15, 0.2) is 24.3 Å². The fourth-order valence-corrected chi connectivity index (χ4v) is 2.23. The Kier molecular flexibility index (Phi) is 3.99. The second-order valence-electron chi connectivity index (χ2n) is 4.93. The molecule has 1 aliphatic rings. The van der Waals surface area contributed by atoms with Gasteiger partial charge in [-0.15, -0.1) is 0 Å². The molecule has 18 heavy (non-hydrogen) atoms. The van der Waals surface area contributed by atoms with Crippen LogP contribution < -0.4 is 0 Å². The highest BCUT2D eigenvalue weighted by molar-refractivity contribution is 5.87. The molecule has 1 saturated heterocycles. The minimum absolute atomic E-state index is 0.240. The first-order valence-electron chi connectivity index (χ1n) is 6.24. The maximum Gasteiger partial charge on any atom is 0.335 e. The molecule has 0 bridgehead atoms. The van der Waals surface area contributed by atoms with Gasteiger partial charge in [-0.05, 0) is 31.5 Å². The highest BCUT2D eigenvalue weighted by Gasteiger charge is 2.23. The number of rotatable bonds is 3. The van der Waals surface area contributed by atoms with E-state index in [9.17, 15) is 4.79 Å². The van der Waals surface area contributed by atoms with Gasteiger partial charge in [0, 0.05) is 19.1 Å². The van der Waals surface area contributed by atoms with Crippen LogP contribution in [0.25, 0.3) is 0 Å². The molecule has 1 aromatic carbocycles. The first-order chi connectivity index (χ1) is 8.56. The minimum Gasteiger partial charge on any atom is -0.478 e. The van der Waals surface area contributed by atoms with Crippen molar-refractivity contribution in [2.24, 2.45) is 0 Å². The third-order valence-electron chi connectivity index (χ3n) is 3.30. The molecule has 0 spiro atoms. The highest BCUT2D eigenvalue weighted by atomic mass is 16.5. The van der Waals surface area contributed by atoms with Crippen LogP contribution in [0, 0.1) is 0 Å². The summed E-state index contributed by atoms with van der Waals surface area (Å²) in [6, 6.07) is 7.51. The van der Waals surface area contributed by atoms with Crippen LogP contribution in [0.2, 0.25) is 0 Å². The van der Waals surface area contributed by atoms with Crippen molar-refractivity contribution in [1.29, 1.82) is 0 Å². The third kappa shape index (κ3) is 3.09. The SMILES string of the molecule is CC1CN(Cc2cccc(C(=O)O)c2)C(C)CO1. The standard InChI is InChI=1S/C14H19NO3/c1-10-9-18-11(2)7-15(10)8-12-4-3-5-13(6-12)14(16)17/h3-6,10-11H,7-9H2,1-2H3,(H,16,17). The van der Waals surface area contributed by atoms with Gasteiger partial charge in [0.15, 0.2) is 0 Å². The zero-order valence-electron chi connectivity index (χ0n) is 10.8. The van der Waals surface area contributed by atoms with E-state index in [1.54, 1.807) is 18.2 Å². The lowest BCUT2D eigenvalue weighted by Gasteiger charge is -2.36.